The number of amidine groups is 1. The molecule has 0 aliphatic carbocycles. The Bertz CT molecular complexity index is 477. The number of methoxy groups -OCH3 is 1. The van der Waals surface area contributed by atoms with Crippen molar-refractivity contribution in [3.63, 3.8) is 0 Å². The molecule has 6 nitrogen and oxygen atoms in total. The Hall–Kier alpha value is -1.76. The number of halogens is 1. The van der Waals surface area contributed by atoms with Crippen LogP contribution < -0.4 is 15.8 Å². The molecule has 1 aromatic rings. The fourth-order valence-electron chi connectivity index (χ4n) is 1.42. The molecule has 0 saturated heterocycles. The van der Waals surface area contributed by atoms with Crippen molar-refractivity contribution in [3.8, 4) is 5.75 Å². The van der Waals surface area contributed by atoms with Gasteiger partial charge in [-0.05, 0) is 40.5 Å². The maximum Gasteiger partial charge on any atom is 0.252 e. The summed E-state index contributed by atoms with van der Waals surface area (Å²) in [5.74, 6) is 0.562. The monoisotopic (exact) mass is 329 g/mol. The second-order valence-corrected chi connectivity index (χ2v) is 4.65. The Morgan fingerprint density at radius 2 is 2.32 bits per heavy atom. The second-order valence-electron chi connectivity index (χ2n) is 3.80. The second kappa shape index (κ2) is 7.63. The number of nitrogens with zero attached hydrogens (tertiary/aromatic N) is 1. The van der Waals surface area contributed by atoms with Crippen LogP contribution in [-0.4, -0.2) is 30.6 Å². The average molecular weight is 330 g/mol. The van der Waals surface area contributed by atoms with Gasteiger partial charge in [0, 0.05) is 17.4 Å². The van der Waals surface area contributed by atoms with Gasteiger partial charge in [0.2, 0.25) is 0 Å². The summed E-state index contributed by atoms with van der Waals surface area (Å²) < 4.78 is 5.77. The zero-order valence-electron chi connectivity index (χ0n) is 10.5. The summed E-state index contributed by atoms with van der Waals surface area (Å²) in [6, 6.07) is 5.17. The fourth-order valence-corrected chi connectivity index (χ4v) is 1.85. The Balaban J connectivity index is 2.54. The van der Waals surface area contributed by atoms with Crippen molar-refractivity contribution in [2.24, 2.45) is 10.9 Å². The molecule has 104 valence electrons. The fraction of sp³-hybridized carbons (Fsp3) is 0.333. The van der Waals surface area contributed by atoms with Gasteiger partial charge in [0.05, 0.1) is 12.7 Å². The number of nitrogens with two attached hydrogens (primary N) is 1. The van der Waals surface area contributed by atoms with Gasteiger partial charge in [0.25, 0.3) is 5.91 Å². The number of carbonyl (C=O) groups excluding carboxylic acids is 1. The van der Waals surface area contributed by atoms with E-state index in [1.54, 1.807) is 25.3 Å². The van der Waals surface area contributed by atoms with Crippen LogP contribution in [-0.2, 0) is 0 Å². The number of rotatable bonds is 6. The number of benzene rings is 1. The first-order valence-electron chi connectivity index (χ1n) is 5.66. The van der Waals surface area contributed by atoms with Crippen molar-refractivity contribution in [2.75, 3.05) is 13.7 Å². The van der Waals surface area contributed by atoms with Crippen LogP contribution in [0.5, 0.6) is 5.75 Å². The molecule has 7 heteroatoms. The van der Waals surface area contributed by atoms with E-state index in [0.29, 0.717) is 35.2 Å². The minimum Gasteiger partial charge on any atom is -0.497 e. The Kier molecular flexibility index (Phi) is 6.14. The molecule has 0 atom stereocenters. The zero-order chi connectivity index (χ0) is 14.3. The first-order valence-corrected chi connectivity index (χ1v) is 6.46. The van der Waals surface area contributed by atoms with E-state index in [9.17, 15) is 4.79 Å². The highest BCUT2D eigenvalue weighted by atomic mass is 79.9. The summed E-state index contributed by atoms with van der Waals surface area (Å²) >= 11 is 3.32. The lowest BCUT2D eigenvalue weighted by atomic mass is 10.2. The van der Waals surface area contributed by atoms with Gasteiger partial charge in [-0.15, -0.1) is 0 Å². The molecular formula is C12H16BrN3O3. The van der Waals surface area contributed by atoms with Crippen molar-refractivity contribution < 1.29 is 14.7 Å². The lowest BCUT2D eigenvalue weighted by Crippen LogP contribution is -2.26. The molecule has 4 N–H and O–H groups in total. The van der Waals surface area contributed by atoms with Gasteiger partial charge < -0.3 is 21.0 Å². The predicted molar refractivity (Wildman–Crippen MR) is 75.7 cm³/mol. The molecule has 0 fully saturated rings. The molecule has 0 aromatic heterocycles. The summed E-state index contributed by atoms with van der Waals surface area (Å²) in [7, 11) is 1.54. The molecule has 0 saturated carbocycles. The van der Waals surface area contributed by atoms with E-state index in [2.05, 4.69) is 26.4 Å². The van der Waals surface area contributed by atoms with Crippen LogP contribution in [0.4, 0.5) is 0 Å². The van der Waals surface area contributed by atoms with Crippen molar-refractivity contribution in [1.82, 2.24) is 5.32 Å². The molecular weight excluding hydrogens is 314 g/mol. The molecule has 1 amide bonds. The van der Waals surface area contributed by atoms with Gasteiger partial charge in [-0.1, -0.05) is 5.16 Å². The van der Waals surface area contributed by atoms with E-state index < -0.39 is 0 Å². The molecule has 1 rings (SSSR count). The van der Waals surface area contributed by atoms with Gasteiger partial charge in [-0.3, -0.25) is 4.79 Å². The van der Waals surface area contributed by atoms with Crippen LogP contribution >= 0.6 is 15.9 Å². The predicted octanol–water partition coefficient (Wildman–Crippen LogP) is 1.71. The Morgan fingerprint density at radius 3 is 2.95 bits per heavy atom. The third-order valence-corrected chi connectivity index (χ3v) is 3.13. The SMILES string of the molecule is COc1ccc(Br)c(C(=O)NCCCC(N)=NO)c1. The molecule has 0 unspecified atom stereocenters. The van der Waals surface area contributed by atoms with Gasteiger partial charge in [-0.2, -0.15) is 0 Å². The van der Waals surface area contributed by atoms with Gasteiger partial charge >= 0.3 is 0 Å². The van der Waals surface area contributed by atoms with Crippen LogP contribution in [0.25, 0.3) is 0 Å². The Morgan fingerprint density at radius 1 is 1.58 bits per heavy atom. The van der Waals surface area contributed by atoms with E-state index in [4.69, 9.17) is 15.7 Å². The number of hydrogen-bond donors (Lipinski definition) is 3. The number of carbonyl (C=O) groups is 1. The maximum absolute atomic E-state index is 11.9. The summed E-state index contributed by atoms with van der Waals surface area (Å²) in [4.78, 5) is 11.9. The van der Waals surface area contributed by atoms with Crippen molar-refractivity contribution in [2.45, 2.75) is 12.8 Å². The highest BCUT2D eigenvalue weighted by Gasteiger charge is 2.10. The van der Waals surface area contributed by atoms with Crippen LogP contribution in [0, 0.1) is 0 Å². The van der Waals surface area contributed by atoms with Crippen LogP contribution in [0.3, 0.4) is 0 Å². The molecule has 0 bridgehead atoms. The van der Waals surface area contributed by atoms with Crippen LogP contribution in [0.2, 0.25) is 0 Å². The third-order valence-electron chi connectivity index (χ3n) is 2.44. The van der Waals surface area contributed by atoms with Gasteiger partial charge in [0.1, 0.15) is 11.6 Å². The molecule has 0 aliphatic rings. The molecule has 0 radical (unpaired) electrons. The minimum atomic E-state index is -0.203. The number of nitrogens with one attached hydrogen (secondary N) is 1. The summed E-state index contributed by atoms with van der Waals surface area (Å²) in [6.45, 7) is 0.443. The van der Waals surface area contributed by atoms with Gasteiger partial charge in [0.15, 0.2) is 0 Å². The number of oxime groups is 1. The molecule has 0 heterocycles. The molecule has 0 aliphatic heterocycles. The molecule has 1 aromatic carbocycles. The number of hydrogen-bond acceptors (Lipinski definition) is 4. The van der Waals surface area contributed by atoms with Crippen molar-refractivity contribution in [1.29, 1.82) is 0 Å². The third kappa shape index (κ3) is 4.78. The molecule has 19 heavy (non-hydrogen) atoms. The van der Waals surface area contributed by atoms with Crippen molar-refractivity contribution >= 4 is 27.7 Å². The lowest BCUT2D eigenvalue weighted by molar-refractivity contribution is 0.0952. The van der Waals surface area contributed by atoms with Gasteiger partial charge in [-0.25, -0.2) is 0 Å². The highest BCUT2D eigenvalue weighted by molar-refractivity contribution is 9.10. The maximum atomic E-state index is 11.9. The highest BCUT2D eigenvalue weighted by Crippen LogP contribution is 2.22. The van der Waals surface area contributed by atoms with E-state index in [0.717, 1.165) is 0 Å². The van der Waals surface area contributed by atoms with Crippen molar-refractivity contribution in [3.05, 3.63) is 28.2 Å². The normalized spacial score (nSPS) is 11.2. The standard InChI is InChI=1S/C12H16BrN3O3/c1-19-8-4-5-10(13)9(7-8)12(17)15-6-2-3-11(14)16-18/h4-5,7,18H,2-3,6H2,1H3,(H2,14,16)(H,15,17). The van der Waals surface area contributed by atoms with E-state index >= 15 is 0 Å². The average Bonchev–Trinajstić information content (AvgIpc) is 2.43. The minimum absolute atomic E-state index is 0.150. The van der Waals surface area contributed by atoms with E-state index in [1.165, 1.54) is 0 Å². The quantitative estimate of drug-likeness (QED) is 0.243. The smallest absolute Gasteiger partial charge is 0.252 e. The molecule has 0 spiro atoms. The summed E-state index contributed by atoms with van der Waals surface area (Å²) in [5, 5.41) is 14.0. The lowest BCUT2D eigenvalue weighted by Gasteiger charge is -2.08. The van der Waals surface area contributed by atoms with Crippen LogP contribution in [0.1, 0.15) is 23.2 Å². The first-order chi connectivity index (χ1) is 9.08. The zero-order valence-corrected chi connectivity index (χ0v) is 12.1. The summed E-state index contributed by atoms with van der Waals surface area (Å²) in [5.41, 5.74) is 5.83. The summed E-state index contributed by atoms with van der Waals surface area (Å²) in [6.07, 6.45) is 1.03. The van der Waals surface area contributed by atoms with Crippen LogP contribution in [0.15, 0.2) is 27.8 Å². The number of amides is 1. The van der Waals surface area contributed by atoms with E-state index in [1.807, 2.05) is 0 Å². The van der Waals surface area contributed by atoms with E-state index in [-0.39, 0.29) is 11.7 Å². The first kappa shape index (κ1) is 15.3. The Labute approximate surface area is 119 Å². The number of ether oxygens (including phenoxy) is 1. The topological polar surface area (TPSA) is 96.9 Å². The largest absolute Gasteiger partial charge is 0.497 e.